The minimum Gasteiger partial charge on any atom is -0.461 e. The van der Waals surface area contributed by atoms with E-state index in [1.54, 1.807) is 0 Å². The molecule has 7 nitrogen and oxygen atoms in total. The first-order valence-corrected chi connectivity index (χ1v) is 5.70. The Labute approximate surface area is 87.6 Å². The van der Waals surface area contributed by atoms with E-state index >= 15 is 0 Å². The van der Waals surface area contributed by atoms with Gasteiger partial charge in [0.25, 0.3) is 0 Å². The molecule has 0 saturated carbocycles. The highest BCUT2D eigenvalue weighted by Gasteiger charge is 2.36. The third kappa shape index (κ3) is 4.12. The van der Waals surface area contributed by atoms with Crippen LogP contribution in [0.2, 0.25) is 0 Å². The van der Waals surface area contributed by atoms with Crippen LogP contribution < -0.4 is 0 Å². The average molecular weight is 240 g/mol. The zero-order chi connectivity index (χ0) is 11.3. The highest BCUT2D eigenvalue weighted by Crippen LogP contribution is 2.13. The summed E-state index contributed by atoms with van der Waals surface area (Å²) in [7, 11) is -4.01. The Morgan fingerprint density at radius 2 is 2.20 bits per heavy atom. The number of esters is 1. The van der Waals surface area contributed by atoms with E-state index in [4.69, 9.17) is 4.74 Å². The molecule has 0 spiro atoms. The van der Waals surface area contributed by atoms with Crippen molar-refractivity contribution in [2.24, 2.45) is 0 Å². The second-order valence-electron chi connectivity index (χ2n) is 2.64. The summed E-state index contributed by atoms with van der Waals surface area (Å²) in [4.78, 5) is 11.1. The summed E-state index contributed by atoms with van der Waals surface area (Å²) in [6.45, 7) is 2.32. The molecular weight excluding hydrogens is 228 g/mol. The summed E-state index contributed by atoms with van der Waals surface area (Å²) in [6, 6.07) is 0. The van der Waals surface area contributed by atoms with E-state index in [1.807, 2.05) is 6.92 Å². The minimum atomic E-state index is -4.01. The predicted octanol–water partition coefficient (Wildman–Crippen LogP) is -0.774. The van der Waals surface area contributed by atoms with Gasteiger partial charge in [-0.15, -0.1) is 0 Å². The third-order valence-electron chi connectivity index (χ3n) is 1.54. The van der Waals surface area contributed by atoms with E-state index in [0.717, 1.165) is 0 Å². The Morgan fingerprint density at radius 3 is 2.73 bits per heavy atom. The first-order valence-electron chi connectivity index (χ1n) is 4.37. The van der Waals surface area contributed by atoms with Crippen molar-refractivity contribution < 1.29 is 31.1 Å². The molecule has 0 bridgehead atoms. The van der Waals surface area contributed by atoms with E-state index in [1.165, 1.54) is 0 Å². The molecule has 0 aromatic carbocycles. The molecule has 88 valence electrons. The van der Waals surface area contributed by atoms with Crippen molar-refractivity contribution in [3.05, 3.63) is 0 Å². The Kier molecular flexibility index (Phi) is 4.45. The molecule has 1 aliphatic heterocycles. The Balaban J connectivity index is 2.24. The summed E-state index contributed by atoms with van der Waals surface area (Å²) in [6.07, 6.45) is -1.20. The monoisotopic (exact) mass is 240 g/mol. The number of hydrogen-bond acceptors (Lipinski definition) is 7. The molecule has 0 aromatic rings. The topological polar surface area (TPSA) is 88.1 Å². The second-order valence-corrected chi connectivity index (χ2v) is 3.89. The zero-order valence-electron chi connectivity index (χ0n) is 8.17. The van der Waals surface area contributed by atoms with Crippen LogP contribution in [0.15, 0.2) is 0 Å². The van der Waals surface area contributed by atoms with Gasteiger partial charge >= 0.3 is 16.4 Å². The van der Waals surface area contributed by atoms with E-state index in [2.05, 4.69) is 13.1 Å². The van der Waals surface area contributed by atoms with Crippen LogP contribution in [0.3, 0.4) is 0 Å². The van der Waals surface area contributed by atoms with Gasteiger partial charge < -0.3 is 9.47 Å². The molecule has 1 heterocycles. The van der Waals surface area contributed by atoms with Crippen molar-refractivity contribution in [3.63, 3.8) is 0 Å². The van der Waals surface area contributed by atoms with Crippen molar-refractivity contribution in [3.8, 4) is 0 Å². The molecule has 1 atom stereocenters. The lowest BCUT2D eigenvalue weighted by Gasteiger charge is -2.06. The van der Waals surface area contributed by atoms with Crippen LogP contribution in [0.5, 0.6) is 0 Å². The molecular formula is C7H12O7S. The molecule has 1 fully saturated rings. The number of rotatable bonds is 5. The fourth-order valence-electron chi connectivity index (χ4n) is 0.889. The van der Waals surface area contributed by atoms with Crippen LogP contribution in [0, 0.1) is 0 Å². The number of hydrogen-bond donors (Lipinski definition) is 0. The Bertz CT molecular complexity index is 309. The number of carbonyl (C=O) groups excluding carboxylic acids is 1. The van der Waals surface area contributed by atoms with Crippen LogP contribution in [0.4, 0.5) is 0 Å². The summed E-state index contributed by atoms with van der Waals surface area (Å²) in [5.41, 5.74) is 0. The van der Waals surface area contributed by atoms with Crippen LogP contribution in [0.25, 0.3) is 0 Å². The lowest BCUT2D eigenvalue weighted by Crippen LogP contribution is -2.26. The molecule has 1 rings (SSSR count). The van der Waals surface area contributed by atoms with Gasteiger partial charge in [-0.05, 0) is 6.92 Å². The lowest BCUT2D eigenvalue weighted by atomic mass is 10.4. The molecule has 15 heavy (non-hydrogen) atoms. The number of carbonyl (C=O) groups is 1. The highest BCUT2D eigenvalue weighted by molar-refractivity contribution is 7.82. The molecule has 0 N–H and O–H groups in total. The first-order chi connectivity index (χ1) is 7.05. The maximum Gasteiger partial charge on any atom is 0.400 e. The van der Waals surface area contributed by atoms with Gasteiger partial charge in [-0.1, -0.05) is 0 Å². The van der Waals surface area contributed by atoms with Crippen LogP contribution in [0.1, 0.15) is 6.92 Å². The maximum absolute atomic E-state index is 11.1. The normalized spacial score (nSPS) is 23.9. The van der Waals surface area contributed by atoms with Crippen LogP contribution >= 0.6 is 0 Å². The number of ether oxygens (including phenoxy) is 2. The van der Waals surface area contributed by atoms with Gasteiger partial charge in [0.2, 0.25) is 6.10 Å². The summed E-state index contributed by atoms with van der Waals surface area (Å²) in [5, 5.41) is 0. The Morgan fingerprint density at radius 1 is 1.47 bits per heavy atom. The van der Waals surface area contributed by atoms with Crippen molar-refractivity contribution in [1.29, 1.82) is 0 Å². The molecule has 0 aliphatic carbocycles. The summed E-state index contributed by atoms with van der Waals surface area (Å²) in [5.74, 6) is -0.768. The Hall–Kier alpha value is -0.700. The van der Waals surface area contributed by atoms with Crippen molar-refractivity contribution in [2.75, 3.05) is 26.4 Å². The van der Waals surface area contributed by atoms with E-state index < -0.39 is 22.5 Å². The SMILES string of the molecule is CCOCCOC(=O)C1COS(=O)(=O)O1. The van der Waals surface area contributed by atoms with Gasteiger partial charge in [0, 0.05) is 6.61 Å². The minimum absolute atomic E-state index is 0.0621. The summed E-state index contributed by atoms with van der Waals surface area (Å²) >= 11 is 0. The van der Waals surface area contributed by atoms with Gasteiger partial charge in [-0.3, -0.25) is 0 Å². The fourth-order valence-corrected chi connectivity index (χ4v) is 1.65. The van der Waals surface area contributed by atoms with E-state index in [9.17, 15) is 13.2 Å². The molecule has 8 heteroatoms. The summed E-state index contributed by atoms with van der Waals surface area (Å²) < 4.78 is 39.4. The average Bonchev–Trinajstić information content (AvgIpc) is 2.53. The highest BCUT2D eigenvalue weighted by atomic mass is 32.3. The smallest absolute Gasteiger partial charge is 0.400 e. The van der Waals surface area contributed by atoms with Gasteiger partial charge in [-0.25, -0.2) is 13.2 Å². The van der Waals surface area contributed by atoms with Gasteiger partial charge in [0.15, 0.2) is 0 Å². The van der Waals surface area contributed by atoms with E-state index in [-0.39, 0.29) is 19.8 Å². The standard InChI is InChI=1S/C7H12O7S/c1-2-11-3-4-12-7(8)6-5-13-15(9,10)14-6/h6H,2-5H2,1H3. The van der Waals surface area contributed by atoms with Gasteiger partial charge in [0.1, 0.15) is 13.2 Å². The van der Waals surface area contributed by atoms with Gasteiger partial charge in [0.05, 0.1) is 6.61 Å². The first kappa shape index (κ1) is 12.4. The van der Waals surface area contributed by atoms with E-state index in [0.29, 0.717) is 6.61 Å². The molecule has 1 unspecified atom stereocenters. The molecule has 0 radical (unpaired) electrons. The largest absolute Gasteiger partial charge is 0.461 e. The molecule has 0 amide bonds. The van der Waals surface area contributed by atoms with Crippen molar-refractivity contribution in [2.45, 2.75) is 13.0 Å². The third-order valence-corrected chi connectivity index (χ3v) is 2.43. The van der Waals surface area contributed by atoms with Crippen LogP contribution in [-0.2, 0) is 33.0 Å². The predicted molar refractivity (Wildman–Crippen MR) is 47.2 cm³/mol. The molecule has 0 aromatic heterocycles. The van der Waals surface area contributed by atoms with Crippen molar-refractivity contribution >= 4 is 16.4 Å². The molecule has 1 saturated heterocycles. The fraction of sp³-hybridized carbons (Fsp3) is 0.857. The maximum atomic E-state index is 11.1. The second kappa shape index (κ2) is 5.40. The van der Waals surface area contributed by atoms with Gasteiger partial charge in [-0.2, -0.15) is 8.42 Å². The van der Waals surface area contributed by atoms with Crippen LogP contribution in [-0.4, -0.2) is 46.9 Å². The quantitative estimate of drug-likeness (QED) is 0.460. The lowest BCUT2D eigenvalue weighted by molar-refractivity contribution is -0.152. The van der Waals surface area contributed by atoms with Crippen molar-refractivity contribution in [1.82, 2.24) is 0 Å². The zero-order valence-corrected chi connectivity index (χ0v) is 8.99. The molecule has 1 aliphatic rings.